The van der Waals surface area contributed by atoms with Gasteiger partial charge in [-0.25, -0.2) is 4.98 Å². The van der Waals surface area contributed by atoms with Gasteiger partial charge in [0.05, 0.1) is 11.3 Å². The summed E-state index contributed by atoms with van der Waals surface area (Å²) in [5.41, 5.74) is 10.3. The molecule has 0 saturated heterocycles. The highest BCUT2D eigenvalue weighted by Crippen LogP contribution is 2.33. The van der Waals surface area contributed by atoms with Gasteiger partial charge in [-0.05, 0) is 40.5 Å². The largest absolute Gasteiger partial charge is 0.354 e. The lowest BCUT2D eigenvalue weighted by molar-refractivity contribution is 0.688. The zero-order valence-electron chi connectivity index (χ0n) is 19.6. The van der Waals surface area contributed by atoms with Crippen LogP contribution in [-0.4, -0.2) is 27.1 Å². The minimum Gasteiger partial charge on any atom is -0.354 e. The van der Waals surface area contributed by atoms with Crippen molar-refractivity contribution in [3.63, 3.8) is 0 Å². The van der Waals surface area contributed by atoms with Crippen molar-refractivity contribution in [3.8, 4) is 22.4 Å². The van der Waals surface area contributed by atoms with Crippen molar-refractivity contribution in [2.75, 3.05) is 11.9 Å². The van der Waals surface area contributed by atoms with E-state index >= 15 is 0 Å². The van der Waals surface area contributed by atoms with Gasteiger partial charge in [0.25, 0.3) is 5.56 Å². The van der Waals surface area contributed by atoms with Crippen LogP contribution in [-0.2, 0) is 13.5 Å². The van der Waals surface area contributed by atoms with Gasteiger partial charge >= 0.3 is 0 Å². The van der Waals surface area contributed by atoms with Crippen LogP contribution in [0, 0.1) is 0 Å². The highest BCUT2D eigenvalue weighted by Gasteiger charge is 2.20. The lowest BCUT2D eigenvalue weighted by Gasteiger charge is -2.18. The first-order chi connectivity index (χ1) is 17.1. The van der Waals surface area contributed by atoms with Gasteiger partial charge in [0.2, 0.25) is 5.95 Å². The maximum Gasteiger partial charge on any atom is 0.263 e. The molecule has 5 rings (SSSR count). The molecule has 6 nitrogen and oxygen atoms in total. The summed E-state index contributed by atoms with van der Waals surface area (Å²) < 4.78 is 1.57. The number of hydrogen-bond donors (Lipinski definition) is 2. The van der Waals surface area contributed by atoms with Gasteiger partial charge in [-0.1, -0.05) is 72.8 Å². The van der Waals surface area contributed by atoms with Crippen LogP contribution in [0.2, 0.25) is 0 Å². The summed E-state index contributed by atoms with van der Waals surface area (Å²) in [7, 11) is 1.74. The van der Waals surface area contributed by atoms with Gasteiger partial charge in [0, 0.05) is 37.6 Å². The number of rotatable bonds is 7. The molecule has 2 heterocycles. The third kappa shape index (κ3) is 4.69. The highest BCUT2D eigenvalue weighted by molar-refractivity contribution is 5.99. The minimum absolute atomic E-state index is 0.123. The standard InChI is InChI=1S/C29H27N5O/c1-34-28(35)26(25-13-7-11-21-10-5-6-12-24(21)25)27(22-14-16-31-17-15-22)33-29(34)32-19-23(30)18-20-8-3-2-4-9-20/h2-17,23H,18-19,30H2,1H3,(H,32,33). The van der Waals surface area contributed by atoms with Crippen LogP contribution in [0.25, 0.3) is 33.2 Å². The number of aromatic nitrogens is 3. The predicted molar refractivity (Wildman–Crippen MR) is 142 cm³/mol. The monoisotopic (exact) mass is 461 g/mol. The third-order valence-electron chi connectivity index (χ3n) is 6.17. The van der Waals surface area contributed by atoms with E-state index in [9.17, 15) is 4.79 Å². The molecule has 0 radical (unpaired) electrons. The normalized spacial score (nSPS) is 11.9. The van der Waals surface area contributed by atoms with E-state index in [2.05, 4.69) is 22.4 Å². The van der Waals surface area contributed by atoms with Gasteiger partial charge in [0.1, 0.15) is 0 Å². The zero-order valence-corrected chi connectivity index (χ0v) is 19.6. The molecule has 1 atom stereocenters. The number of benzene rings is 3. The SMILES string of the molecule is Cn1c(NCC(N)Cc2ccccc2)nc(-c2ccncc2)c(-c2cccc3ccccc23)c1=O. The average Bonchev–Trinajstić information content (AvgIpc) is 2.90. The Morgan fingerprint density at radius 3 is 2.43 bits per heavy atom. The minimum atomic E-state index is -0.128. The van der Waals surface area contributed by atoms with E-state index in [1.165, 1.54) is 5.56 Å². The molecule has 3 N–H and O–H groups in total. The van der Waals surface area contributed by atoms with Gasteiger partial charge in [-0.2, -0.15) is 0 Å². The smallest absolute Gasteiger partial charge is 0.263 e. The number of hydrogen-bond acceptors (Lipinski definition) is 5. The average molecular weight is 462 g/mol. The van der Waals surface area contributed by atoms with Crippen LogP contribution >= 0.6 is 0 Å². The quantitative estimate of drug-likeness (QED) is 0.369. The van der Waals surface area contributed by atoms with Crippen molar-refractivity contribution in [3.05, 3.63) is 113 Å². The van der Waals surface area contributed by atoms with Crippen molar-refractivity contribution in [1.29, 1.82) is 0 Å². The van der Waals surface area contributed by atoms with E-state index in [1.54, 1.807) is 24.0 Å². The second kappa shape index (κ2) is 9.91. The Kier molecular flexibility index (Phi) is 6.37. The highest BCUT2D eigenvalue weighted by atomic mass is 16.1. The van der Waals surface area contributed by atoms with Crippen LogP contribution in [0.3, 0.4) is 0 Å². The molecule has 2 aromatic heterocycles. The summed E-state index contributed by atoms with van der Waals surface area (Å²) in [6, 6.07) is 27.8. The zero-order chi connectivity index (χ0) is 24.2. The Labute approximate surface area is 204 Å². The molecule has 0 aliphatic carbocycles. The van der Waals surface area contributed by atoms with E-state index in [0.717, 1.165) is 28.3 Å². The van der Waals surface area contributed by atoms with Crippen LogP contribution in [0.4, 0.5) is 5.95 Å². The molecule has 3 aromatic carbocycles. The molecule has 1 unspecified atom stereocenters. The number of nitrogens with two attached hydrogens (primary N) is 1. The molecule has 6 heteroatoms. The van der Waals surface area contributed by atoms with Crippen LogP contribution in [0.15, 0.2) is 102 Å². The lowest BCUT2D eigenvalue weighted by atomic mass is 9.96. The Hall–Kier alpha value is -4.29. The fourth-order valence-electron chi connectivity index (χ4n) is 4.38. The summed E-state index contributed by atoms with van der Waals surface area (Å²) in [6.07, 6.45) is 4.15. The molecule has 0 bridgehead atoms. The maximum atomic E-state index is 13.8. The molecular formula is C29H27N5O. The first-order valence-electron chi connectivity index (χ1n) is 11.6. The topological polar surface area (TPSA) is 85.8 Å². The summed E-state index contributed by atoms with van der Waals surface area (Å²) in [5.74, 6) is 0.481. The second-order valence-electron chi connectivity index (χ2n) is 8.62. The fraction of sp³-hybridized carbons (Fsp3) is 0.138. The van der Waals surface area contributed by atoms with Gasteiger partial charge in [-0.15, -0.1) is 0 Å². The van der Waals surface area contributed by atoms with Crippen molar-refractivity contribution < 1.29 is 0 Å². The number of anilines is 1. The Morgan fingerprint density at radius 1 is 0.914 bits per heavy atom. The summed E-state index contributed by atoms with van der Waals surface area (Å²) in [4.78, 5) is 22.9. The Morgan fingerprint density at radius 2 is 1.63 bits per heavy atom. The number of nitrogens with one attached hydrogen (secondary N) is 1. The van der Waals surface area contributed by atoms with Gasteiger partial charge in [0.15, 0.2) is 0 Å². The third-order valence-corrected chi connectivity index (χ3v) is 6.17. The molecule has 0 spiro atoms. The number of pyridine rings is 1. The molecule has 0 aliphatic rings. The molecule has 0 fully saturated rings. The van der Waals surface area contributed by atoms with E-state index in [0.29, 0.717) is 23.8 Å². The van der Waals surface area contributed by atoms with Crippen LogP contribution < -0.4 is 16.6 Å². The summed E-state index contributed by atoms with van der Waals surface area (Å²) in [6.45, 7) is 0.485. The van der Waals surface area contributed by atoms with Crippen LogP contribution in [0.1, 0.15) is 5.56 Å². The molecule has 5 aromatic rings. The first-order valence-corrected chi connectivity index (χ1v) is 11.6. The van der Waals surface area contributed by atoms with E-state index in [-0.39, 0.29) is 11.6 Å². The van der Waals surface area contributed by atoms with Crippen molar-refractivity contribution in [2.24, 2.45) is 12.8 Å². The van der Waals surface area contributed by atoms with Crippen molar-refractivity contribution in [1.82, 2.24) is 14.5 Å². The molecule has 35 heavy (non-hydrogen) atoms. The lowest BCUT2D eigenvalue weighted by Crippen LogP contribution is -2.34. The van der Waals surface area contributed by atoms with Crippen molar-refractivity contribution >= 4 is 16.7 Å². The molecule has 174 valence electrons. The van der Waals surface area contributed by atoms with E-state index in [4.69, 9.17) is 10.7 Å². The number of fused-ring (bicyclic) bond motifs is 1. The van der Waals surface area contributed by atoms with E-state index < -0.39 is 0 Å². The van der Waals surface area contributed by atoms with Crippen molar-refractivity contribution in [2.45, 2.75) is 12.5 Å². The molecule has 0 aliphatic heterocycles. The predicted octanol–water partition coefficient (Wildman–Crippen LogP) is 4.64. The van der Waals surface area contributed by atoms with Crippen LogP contribution in [0.5, 0.6) is 0 Å². The molecule has 0 saturated carbocycles. The summed E-state index contributed by atoms with van der Waals surface area (Å²) >= 11 is 0. The maximum absolute atomic E-state index is 13.8. The number of nitrogens with zero attached hydrogens (tertiary/aromatic N) is 3. The molecule has 0 amide bonds. The Balaban J connectivity index is 1.57. The first kappa shape index (κ1) is 22.5. The summed E-state index contributed by atoms with van der Waals surface area (Å²) in [5, 5.41) is 5.39. The Bertz CT molecular complexity index is 1510. The van der Waals surface area contributed by atoms with Gasteiger partial charge in [-0.3, -0.25) is 14.3 Å². The molecular weight excluding hydrogens is 434 g/mol. The van der Waals surface area contributed by atoms with Gasteiger partial charge < -0.3 is 11.1 Å². The second-order valence-corrected chi connectivity index (χ2v) is 8.62. The fourth-order valence-corrected chi connectivity index (χ4v) is 4.38. The van der Waals surface area contributed by atoms with E-state index in [1.807, 2.05) is 72.8 Å².